The maximum atomic E-state index is 11.8. The molecule has 0 aromatic carbocycles. The predicted molar refractivity (Wildman–Crippen MR) is 63.3 cm³/mol. The zero-order chi connectivity index (χ0) is 13.0. The number of amides is 1. The van der Waals surface area contributed by atoms with E-state index in [2.05, 4.69) is 10.6 Å². The molecule has 1 amide bonds. The fourth-order valence-electron chi connectivity index (χ4n) is 1.95. The van der Waals surface area contributed by atoms with E-state index in [0.717, 1.165) is 25.8 Å². The van der Waals surface area contributed by atoms with Crippen LogP contribution >= 0.6 is 0 Å². The topological polar surface area (TPSA) is 97.4 Å². The van der Waals surface area contributed by atoms with E-state index >= 15 is 0 Å². The Morgan fingerprint density at radius 2 is 2.33 bits per heavy atom. The van der Waals surface area contributed by atoms with Crippen LogP contribution in [0.3, 0.4) is 0 Å². The zero-order valence-corrected chi connectivity index (χ0v) is 9.85. The molecule has 0 saturated carbocycles. The van der Waals surface area contributed by atoms with Gasteiger partial charge in [-0.1, -0.05) is 6.42 Å². The third-order valence-corrected chi connectivity index (χ3v) is 2.88. The molecule has 0 radical (unpaired) electrons. The second-order valence-corrected chi connectivity index (χ2v) is 4.27. The molecule has 1 aliphatic rings. The van der Waals surface area contributed by atoms with Crippen molar-refractivity contribution in [2.45, 2.75) is 25.3 Å². The molecule has 2 rings (SSSR count). The summed E-state index contributed by atoms with van der Waals surface area (Å²) in [7, 11) is 0. The molecule has 1 aromatic heterocycles. The lowest BCUT2D eigenvalue weighted by atomic mass is 10.1. The Morgan fingerprint density at radius 3 is 3.06 bits per heavy atom. The Balaban J connectivity index is 1.95. The Hall–Kier alpha value is -1.89. The highest BCUT2D eigenvalue weighted by atomic mass is 16.6. The van der Waals surface area contributed by atoms with Gasteiger partial charge in [-0.2, -0.15) is 0 Å². The largest absolute Gasteiger partial charge is 0.433 e. The molecule has 1 aromatic rings. The number of hydrogen-bond acceptors (Lipinski definition) is 5. The lowest BCUT2D eigenvalue weighted by Crippen LogP contribution is -2.40. The molecule has 0 spiro atoms. The SMILES string of the molecule is O=C(NC1CCCCNC1)c1ccc([N+](=O)[O-])o1. The molecule has 1 unspecified atom stereocenters. The molecule has 7 nitrogen and oxygen atoms in total. The van der Waals surface area contributed by atoms with Gasteiger partial charge in [-0.25, -0.2) is 0 Å². The number of furan rings is 1. The van der Waals surface area contributed by atoms with Crippen molar-refractivity contribution in [1.29, 1.82) is 0 Å². The quantitative estimate of drug-likeness (QED) is 0.620. The van der Waals surface area contributed by atoms with Crippen molar-refractivity contribution >= 4 is 11.8 Å². The monoisotopic (exact) mass is 253 g/mol. The summed E-state index contributed by atoms with van der Waals surface area (Å²) in [5, 5.41) is 16.5. The minimum absolute atomic E-state index is 0.0223. The van der Waals surface area contributed by atoms with Gasteiger partial charge in [0.05, 0.1) is 6.07 Å². The van der Waals surface area contributed by atoms with E-state index in [1.807, 2.05) is 0 Å². The van der Waals surface area contributed by atoms with Crippen molar-refractivity contribution in [1.82, 2.24) is 10.6 Å². The number of hydrogen-bond donors (Lipinski definition) is 2. The van der Waals surface area contributed by atoms with E-state index < -0.39 is 16.7 Å². The number of carbonyl (C=O) groups is 1. The first-order valence-electron chi connectivity index (χ1n) is 5.92. The summed E-state index contributed by atoms with van der Waals surface area (Å²) in [5.41, 5.74) is 0. The minimum atomic E-state index is -0.663. The fraction of sp³-hybridized carbons (Fsp3) is 0.545. The Kier molecular flexibility index (Phi) is 3.93. The molecular formula is C11H15N3O4. The molecule has 0 aliphatic carbocycles. The van der Waals surface area contributed by atoms with E-state index in [1.54, 1.807) is 0 Å². The smallest absolute Gasteiger partial charge is 0.395 e. The van der Waals surface area contributed by atoms with Gasteiger partial charge in [0.15, 0.2) is 5.76 Å². The van der Waals surface area contributed by atoms with Crippen molar-refractivity contribution in [3.05, 3.63) is 28.0 Å². The van der Waals surface area contributed by atoms with Gasteiger partial charge in [0.2, 0.25) is 0 Å². The summed E-state index contributed by atoms with van der Waals surface area (Å²) in [6.07, 6.45) is 3.05. The van der Waals surface area contributed by atoms with Crippen LogP contribution in [0.15, 0.2) is 16.5 Å². The molecule has 1 fully saturated rings. The summed E-state index contributed by atoms with van der Waals surface area (Å²) in [4.78, 5) is 21.6. The average molecular weight is 253 g/mol. The van der Waals surface area contributed by atoms with Gasteiger partial charge in [0.25, 0.3) is 5.91 Å². The highest BCUT2D eigenvalue weighted by molar-refractivity contribution is 5.91. The van der Waals surface area contributed by atoms with E-state index in [0.29, 0.717) is 6.54 Å². The van der Waals surface area contributed by atoms with Crippen molar-refractivity contribution in [2.75, 3.05) is 13.1 Å². The van der Waals surface area contributed by atoms with Gasteiger partial charge in [0.1, 0.15) is 4.92 Å². The molecule has 1 saturated heterocycles. The summed E-state index contributed by atoms with van der Waals surface area (Å²) in [6, 6.07) is 2.54. The van der Waals surface area contributed by atoms with Crippen LogP contribution in [0.2, 0.25) is 0 Å². The molecule has 2 heterocycles. The first-order valence-corrected chi connectivity index (χ1v) is 5.92. The number of nitrogens with zero attached hydrogens (tertiary/aromatic N) is 1. The summed E-state index contributed by atoms with van der Waals surface area (Å²) in [6.45, 7) is 1.67. The first kappa shape index (κ1) is 12.6. The van der Waals surface area contributed by atoms with Gasteiger partial charge < -0.3 is 15.1 Å². The molecule has 98 valence electrons. The number of rotatable bonds is 3. The van der Waals surface area contributed by atoms with Crippen molar-refractivity contribution < 1.29 is 14.1 Å². The predicted octanol–water partition coefficient (Wildman–Crippen LogP) is 1.06. The van der Waals surface area contributed by atoms with Crippen molar-refractivity contribution in [3.63, 3.8) is 0 Å². The standard InChI is InChI=1S/C11H15N3O4/c15-11(9-4-5-10(18-9)14(16)17)13-8-3-1-2-6-12-7-8/h4-5,8,12H,1-3,6-7H2,(H,13,15). The van der Waals surface area contributed by atoms with Gasteiger partial charge in [-0.3, -0.25) is 14.9 Å². The molecule has 18 heavy (non-hydrogen) atoms. The molecule has 1 aliphatic heterocycles. The molecule has 7 heteroatoms. The minimum Gasteiger partial charge on any atom is -0.395 e. The first-order chi connectivity index (χ1) is 8.66. The van der Waals surface area contributed by atoms with Gasteiger partial charge in [0, 0.05) is 12.6 Å². The second kappa shape index (κ2) is 5.63. The molecule has 0 bridgehead atoms. The maximum absolute atomic E-state index is 11.8. The lowest BCUT2D eigenvalue weighted by molar-refractivity contribution is -0.402. The summed E-state index contributed by atoms with van der Waals surface area (Å²) >= 11 is 0. The lowest BCUT2D eigenvalue weighted by Gasteiger charge is -2.15. The van der Waals surface area contributed by atoms with Crippen LogP contribution in [-0.4, -0.2) is 30.0 Å². The maximum Gasteiger partial charge on any atom is 0.433 e. The fourth-order valence-corrected chi connectivity index (χ4v) is 1.95. The highest BCUT2D eigenvalue weighted by Crippen LogP contribution is 2.15. The molecule has 2 N–H and O–H groups in total. The number of carbonyl (C=O) groups excluding carboxylic acids is 1. The van der Waals surface area contributed by atoms with Gasteiger partial charge in [-0.15, -0.1) is 0 Å². The zero-order valence-electron chi connectivity index (χ0n) is 9.85. The molecular weight excluding hydrogens is 238 g/mol. The number of nitro groups is 1. The average Bonchev–Trinajstić information content (AvgIpc) is 2.70. The van der Waals surface area contributed by atoms with Crippen LogP contribution in [0.5, 0.6) is 0 Å². The van der Waals surface area contributed by atoms with Crippen LogP contribution in [0.25, 0.3) is 0 Å². The van der Waals surface area contributed by atoms with Crippen LogP contribution < -0.4 is 10.6 Å². The normalized spacial score (nSPS) is 20.1. The third kappa shape index (κ3) is 3.07. The van der Waals surface area contributed by atoms with Gasteiger partial charge >= 0.3 is 5.88 Å². The number of nitrogens with one attached hydrogen (secondary N) is 2. The van der Waals surface area contributed by atoms with E-state index in [-0.39, 0.29) is 11.8 Å². The summed E-state index contributed by atoms with van der Waals surface area (Å²) in [5.74, 6) is -0.845. The Bertz CT molecular complexity index is 435. The van der Waals surface area contributed by atoms with Crippen LogP contribution in [0, 0.1) is 10.1 Å². The summed E-state index contributed by atoms with van der Waals surface area (Å²) < 4.78 is 4.85. The van der Waals surface area contributed by atoms with E-state index in [1.165, 1.54) is 12.1 Å². The van der Waals surface area contributed by atoms with Crippen LogP contribution in [0.1, 0.15) is 29.8 Å². The van der Waals surface area contributed by atoms with Crippen LogP contribution in [-0.2, 0) is 0 Å². The Morgan fingerprint density at radius 1 is 1.50 bits per heavy atom. The van der Waals surface area contributed by atoms with Crippen LogP contribution in [0.4, 0.5) is 5.88 Å². The van der Waals surface area contributed by atoms with Crippen molar-refractivity contribution in [3.8, 4) is 0 Å². The molecule has 1 atom stereocenters. The van der Waals surface area contributed by atoms with Gasteiger partial charge in [-0.05, 0) is 25.5 Å². The highest BCUT2D eigenvalue weighted by Gasteiger charge is 2.20. The van der Waals surface area contributed by atoms with E-state index in [9.17, 15) is 14.9 Å². The Labute approximate surface area is 104 Å². The third-order valence-electron chi connectivity index (χ3n) is 2.88. The van der Waals surface area contributed by atoms with Crippen molar-refractivity contribution in [2.24, 2.45) is 0 Å². The van der Waals surface area contributed by atoms with E-state index in [4.69, 9.17) is 4.42 Å². The second-order valence-electron chi connectivity index (χ2n) is 4.27.